The first kappa shape index (κ1) is 7.42. The summed E-state index contributed by atoms with van der Waals surface area (Å²) in [6.07, 6.45) is -0.476. The Morgan fingerprint density at radius 2 is 2.50 bits per heavy atom. The Hall–Kier alpha value is -1.23. The van der Waals surface area contributed by atoms with Crippen LogP contribution in [0.3, 0.4) is 0 Å². The van der Waals surface area contributed by atoms with E-state index in [9.17, 15) is 5.11 Å². The first-order valence-electron chi connectivity index (χ1n) is 3.82. The maximum atomic E-state index is 9.23. The van der Waals surface area contributed by atoms with E-state index in [4.69, 9.17) is 10.5 Å². The molecule has 0 saturated carbocycles. The van der Waals surface area contributed by atoms with Gasteiger partial charge in [-0.15, -0.1) is 0 Å². The molecular formula is C7H11N3O2. The number of fused-ring (bicyclic) bond motifs is 1. The van der Waals surface area contributed by atoms with Crippen molar-refractivity contribution in [3.63, 3.8) is 0 Å². The summed E-state index contributed by atoms with van der Waals surface area (Å²) in [5.74, 6) is 0.581. The lowest BCUT2D eigenvalue weighted by molar-refractivity contribution is 0.0562. The third-order valence-electron chi connectivity index (χ3n) is 1.92. The molecule has 5 heteroatoms. The predicted octanol–water partition coefficient (Wildman–Crippen LogP) is -0.473. The molecule has 0 aliphatic carbocycles. The number of aryl methyl sites for hydroxylation is 1. The fourth-order valence-electron chi connectivity index (χ4n) is 1.28. The zero-order chi connectivity index (χ0) is 8.72. The molecule has 2 heterocycles. The standard InChI is InChI=1S/C7H11N3O2/c1-4-6(8)7-10(9-4)2-5(11)3-12-7/h5,11H,2-3,8H2,1H3/t5-/m0/s1. The Morgan fingerprint density at radius 3 is 3.25 bits per heavy atom. The average Bonchev–Trinajstić information content (AvgIpc) is 2.28. The van der Waals surface area contributed by atoms with E-state index < -0.39 is 6.10 Å². The molecule has 5 nitrogen and oxygen atoms in total. The van der Waals surface area contributed by atoms with Gasteiger partial charge in [-0.05, 0) is 6.92 Å². The Labute approximate surface area is 69.7 Å². The number of rotatable bonds is 0. The summed E-state index contributed by atoms with van der Waals surface area (Å²) in [5, 5.41) is 13.3. The molecule has 0 fully saturated rings. The van der Waals surface area contributed by atoms with Gasteiger partial charge >= 0.3 is 0 Å². The summed E-state index contributed by atoms with van der Waals surface area (Å²) in [4.78, 5) is 0. The minimum Gasteiger partial charge on any atom is -0.474 e. The van der Waals surface area contributed by atoms with Gasteiger partial charge in [0, 0.05) is 0 Å². The molecule has 1 aromatic rings. The average molecular weight is 169 g/mol. The summed E-state index contributed by atoms with van der Waals surface area (Å²) < 4.78 is 6.81. The molecule has 0 radical (unpaired) electrons. The second kappa shape index (κ2) is 2.38. The van der Waals surface area contributed by atoms with E-state index in [2.05, 4.69) is 5.10 Å². The van der Waals surface area contributed by atoms with Crippen LogP contribution in [0.1, 0.15) is 5.69 Å². The second-order valence-corrected chi connectivity index (χ2v) is 2.95. The van der Waals surface area contributed by atoms with Gasteiger partial charge in [-0.2, -0.15) is 5.10 Å². The van der Waals surface area contributed by atoms with Gasteiger partial charge < -0.3 is 15.6 Å². The number of hydrogen-bond donors (Lipinski definition) is 2. The molecule has 2 rings (SSSR count). The van der Waals surface area contributed by atoms with Gasteiger partial charge in [-0.3, -0.25) is 0 Å². The first-order valence-corrected chi connectivity index (χ1v) is 3.82. The number of aromatic nitrogens is 2. The molecule has 0 unspecified atom stereocenters. The zero-order valence-corrected chi connectivity index (χ0v) is 6.82. The lowest BCUT2D eigenvalue weighted by Gasteiger charge is -2.19. The highest BCUT2D eigenvalue weighted by atomic mass is 16.5. The minimum absolute atomic E-state index is 0.301. The fourth-order valence-corrected chi connectivity index (χ4v) is 1.28. The van der Waals surface area contributed by atoms with Gasteiger partial charge in [0.1, 0.15) is 18.4 Å². The highest BCUT2D eigenvalue weighted by Gasteiger charge is 2.22. The first-order chi connectivity index (χ1) is 5.68. The van der Waals surface area contributed by atoms with Crippen LogP contribution in [-0.4, -0.2) is 27.6 Å². The number of ether oxygens (including phenoxy) is 1. The van der Waals surface area contributed by atoms with E-state index in [-0.39, 0.29) is 0 Å². The molecular weight excluding hydrogens is 158 g/mol. The van der Waals surface area contributed by atoms with Crippen molar-refractivity contribution in [1.82, 2.24) is 9.78 Å². The molecule has 1 atom stereocenters. The molecule has 0 saturated heterocycles. The van der Waals surface area contributed by atoms with Crippen molar-refractivity contribution in [2.24, 2.45) is 0 Å². The van der Waals surface area contributed by atoms with E-state index in [0.717, 1.165) is 5.69 Å². The van der Waals surface area contributed by atoms with Gasteiger partial charge in [0.15, 0.2) is 0 Å². The fraction of sp³-hybridized carbons (Fsp3) is 0.571. The molecule has 3 N–H and O–H groups in total. The summed E-state index contributed by atoms with van der Waals surface area (Å²) in [5.41, 5.74) is 7.00. The van der Waals surface area contributed by atoms with Gasteiger partial charge in [-0.25, -0.2) is 4.68 Å². The van der Waals surface area contributed by atoms with E-state index in [0.29, 0.717) is 24.7 Å². The van der Waals surface area contributed by atoms with Crippen LogP contribution in [0.4, 0.5) is 5.69 Å². The number of nitrogens with two attached hydrogens (primary N) is 1. The zero-order valence-electron chi connectivity index (χ0n) is 6.82. The monoisotopic (exact) mass is 169 g/mol. The van der Waals surface area contributed by atoms with Crippen LogP contribution in [0.15, 0.2) is 0 Å². The van der Waals surface area contributed by atoms with Gasteiger partial charge in [-0.1, -0.05) is 0 Å². The molecule has 0 bridgehead atoms. The van der Waals surface area contributed by atoms with Crippen molar-refractivity contribution < 1.29 is 9.84 Å². The quantitative estimate of drug-likeness (QED) is 0.550. The van der Waals surface area contributed by atoms with Crippen molar-refractivity contribution in [3.8, 4) is 5.88 Å². The van der Waals surface area contributed by atoms with Crippen LogP contribution in [0.25, 0.3) is 0 Å². The van der Waals surface area contributed by atoms with Crippen LogP contribution in [-0.2, 0) is 6.54 Å². The Kier molecular flexibility index (Phi) is 1.47. The predicted molar refractivity (Wildman–Crippen MR) is 42.9 cm³/mol. The van der Waals surface area contributed by atoms with E-state index >= 15 is 0 Å². The lowest BCUT2D eigenvalue weighted by Crippen LogP contribution is -2.30. The van der Waals surface area contributed by atoms with Crippen molar-refractivity contribution >= 4 is 5.69 Å². The minimum atomic E-state index is -0.476. The summed E-state index contributed by atoms with van der Waals surface area (Å²) in [6.45, 7) is 2.58. The number of hydrogen-bond acceptors (Lipinski definition) is 4. The Bertz CT molecular complexity index is 308. The number of aliphatic hydroxyl groups is 1. The highest BCUT2D eigenvalue weighted by Crippen LogP contribution is 2.27. The molecule has 66 valence electrons. The number of aliphatic hydroxyl groups excluding tert-OH is 1. The van der Waals surface area contributed by atoms with Crippen LogP contribution < -0.4 is 10.5 Å². The van der Waals surface area contributed by atoms with Crippen molar-refractivity contribution in [2.45, 2.75) is 19.6 Å². The normalized spacial score (nSPS) is 21.7. The SMILES string of the molecule is Cc1nn2c(c1N)OC[C@@H](O)C2. The van der Waals surface area contributed by atoms with Gasteiger partial charge in [0.2, 0.25) is 5.88 Å². The Morgan fingerprint density at radius 1 is 1.75 bits per heavy atom. The van der Waals surface area contributed by atoms with E-state index in [1.54, 1.807) is 4.68 Å². The molecule has 0 aromatic carbocycles. The molecule has 0 amide bonds. The third-order valence-corrected chi connectivity index (χ3v) is 1.92. The number of anilines is 1. The molecule has 1 aliphatic heterocycles. The summed E-state index contributed by atoms with van der Waals surface area (Å²) in [6, 6.07) is 0. The summed E-state index contributed by atoms with van der Waals surface area (Å²) in [7, 11) is 0. The molecule has 1 aromatic heterocycles. The highest BCUT2D eigenvalue weighted by molar-refractivity contribution is 5.52. The van der Waals surface area contributed by atoms with Crippen molar-refractivity contribution in [3.05, 3.63) is 5.69 Å². The largest absolute Gasteiger partial charge is 0.474 e. The van der Waals surface area contributed by atoms with Gasteiger partial charge in [0.25, 0.3) is 0 Å². The van der Waals surface area contributed by atoms with Gasteiger partial charge in [0.05, 0.1) is 12.2 Å². The second-order valence-electron chi connectivity index (χ2n) is 2.95. The lowest BCUT2D eigenvalue weighted by atomic mass is 10.3. The van der Waals surface area contributed by atoms with Crippen LogP contribution >= 0.6 is 0 Å². The number of nitrogens with zero attached hydrogens (tertiary/aromatic N) is 2. The van der Waals surface area contributed by atoms with Crippen molar-refractivity contribution in [1.29, 1.82) is 0 Å². The van der Waals surface area contributed by atoms with Crippen LogP contribution in [0, 0.1) is 6.92 Å². The van der Waals surface area contributed by atoms with Crippen LogP contribution in [0.2, 0.25) is 0 Å². The molecule has 0 spiro atoms. The third kappa shape index (κ3) is 0.937. The maximum absolute atomic E-state index is 9.23. The summed E-state index contributed by atoms with van der Waals surface area (Å²) >= 11 is 0. The number of nitrogen functional groups attached to an aromatic ring is 1. The Balaban J connectivity index is 2.43. The molecule has 1 aliphatic rings. The van der Waals surface area contributed by atoms with E-state index in [1.807, 2.05) is 6.92 Å². The van der Waals surface area contributed by atoms with Crippen molar-refractivity contribution in [2.75, 3.05) is 12.3 Å². The molecule has 12 heavy (non-hydrogen) atoms. The smallest absolute Gasteiger partial charge is 0.236 e. The topological polar surface area (TPSA) is 73.3 Å². The van der Waals surface area contributed by atoms with Crippen LogP contribution in [0.5, 0.6) is 5.88 Å². The van der Waals surface area contributed by atoms with E-state index in [1.165, 1.54) is 0 Å². The maximum Gasteiger partial charge on any atom is 0.236 e.